The molecule has 90 valence electrons. The molecule has 2 N–H and O–H groups in total. The third kappa shape index (κ3) is 1.67. The predicted molar refractivity (Wildman–Crippen MR) is 67.2 cm³/mol. The Kier molecular flexibility index (Phi) is 2.64. The van der Waals surface area contributed by atoms with Gasteiger partial charge in [-0.2, -0.15) is 0 Å². The average Bonchev–Trinajstić information content (AvgIpc) is 2.27. The lowest BCUT2D eigenvalue weighted by Gasteiger charge is -2.39. The molecule has 1 aromatic carbocycles. The summed E-state index contributed by atoms with van der Waals surface area (Å²) in [7, 11) is 0. The molecule has 4 heteroatoms. The van der Waals surface area contributed by atoms with Crippen LogP contribution in [0.15, 0.2) is 23.1 Å². The average molecular weight is 249 g/mol. The van der Waals surface area contributed by atoms with Crippen molar-refractivity contribution in [2.75, 3.05) is 19.0 Å². The summed E-state index contributed by atoms with van der Waals surface area (Å²) < 4.78 is 5.19. The smallest absolute Gasteiger partial charge is 0.232 e. The van der Waals surface area contributed by atoms with Gasteiger partial charge in [0.15, 0.2) is 0 Å². The lowest BCUT2D eigenvalue weighted by Crippen LogP contribution is -2.56. The Morgan fingerprint density at radius 3 is 2.88 bits per heavy atom. The maximum absolute atomic E-state index is 11.6. The summed E-state index contributed by atoms with van der Waals surface area (Å²) in [6, 6.07) is 6.30. The van der Waals surface area contributed by atoms with E-state index in [-0.39, 0.29) is 5.91 Å². The van der Waals surface area contributed by atoms with Crippen LogP contribution in [-0.2, 0) is 21.4 Å². The lowest BCUT2D eigenvalue weighted by molar-refractivity contribution is -0.141. The molecule has 2 heterocycles. The van der Waals surface area contributed by atoms with E-state index < -0.39 is 5.41 Å². The molecule has 0 unspecified atom stereocenters. The van der Waals surface area contributed by atoms with Gasteiger partial charge in [-0.05, 0) is 35.8 Å². The zero-order valence-corrected chi connectivity index (χ0v) is 10.4. The molecule has 0 saturated carbocycles. The van der Waals surface area contributed by atoms with Gasteiger partial charge in [-0.3, -0.25) is 4.79 Å². The summed E-state index contributed by atoms with van der Waals surface area (Å²) in [5.74, 6) is 0.920. The van der Waals surface area contributed by atoms with Crippen LogP contribution in [0.2, 0.25) is 0 Å². The van der Waals surface area contributed by atoms with Gasteiger partial charge in [0.1, 0.15) is 5.41 Å². The summed E-state index contributed by atoms with van der Waals surface area (Å²) in [5.41, 5.74) is 7.32. The fraction of sp³-hybridized carbons (Fsp3) is 0.462. The van der Waals surface area contributed by atoms with Crippen LogP contribution < -0.4 is 5.73 Å². The van der Waals surface area contributed by atoms with Gasteiger partial charge in [0, 0.05) is 4.90 Å². The Morgan fingerprint density at radius 1 is 1.41 bits per heavy atom. The Labute approximate surface area is 105 Å². The first-order valence-corrected chi connectivity index (χ1v) is 6.85. The van der Waals surface area contributed by atoms with Crippen LogP contribution in [0.25, 0.3) is 0 Å². The number of hydrogen-bond donors (Lipinski definition) is 1. The van der Waals surface area contributed by atoms with Crippen LogP contribution in [0.4, 0.5) is 0 Å². The molecular weight excluding hydrogens is 234 g/mol. The molecule has 0 radical (unpaired) electrons. The second-order valence-corrected chi connectivity index (χ2v) is 5.85. The molecule has 0 bridgehead atoms. The van der Waals surface area contributed by atoms with Crippen LogP contribution >= 0.6 is 11.8 Å². The maximum atomic E-state index is 11.6. The first kappa shape index (κ1) is 11.1. The highest BCUT2D eigenvalue weighted by Crippen LogP contribution is 2.37. The van der Waals surface area contributed by atoms with Crippen LogP contribution in [0.1, 0.15) is 17.5 Å². The zero-order valence-electron chi connectivity index (χ0n) is 9.57. The van der Waals surface area contributed by atoms with E-state index in [1.165, 1.54) is 22.6 Å². The Bertz CT molecular complexity index is 468. The summed E-state index contributed by atoms with van der Waals surface area (Å²) >= 11 is 1.89. The van der Waals surface area contributed by atoms with Crippen molar-refractivity contribution in [3.63, 3.8) is 0 Å². The monoisotopic (exact) mass is 249 g/mol. The van der Waals surface area contributed by atoms with E-state index in [1.807, 2.05) is 17.8 Å². The molecule has 1 fully saturated rings. The number of thioether (sulfide) groups is 1. The third-order valence-electron chi connectivity index (χ3n) is 3.63. The largest absolute Gasteiger partial charge is 0.378 e. The Hall–Kier alpha value is -1.00. The number of rotatable bonds is 2. The van der Waals surface area contributed by atoms with Gasteiger partial charge in [-0.25, -0.2) is 0 Å². The fourth-order valence-electron chi connectivity index (χ4n) is 2.42. The van der Waals surface area contributed by atoms with E-state index >= 15 is 0 Å². The number of nitrogens with two attached hydrogens (primary N) is 1. The van der Waals surface area contributed by atoms with E-state index in [4.69, 9.17) is 10.5 Å². The minimum absolute atomic E-state index is 0.271. The molecule has 0 spiro atoms. The fourth-order valence-corrected chi connectivity index (χ4v) is 3.43. The molecule has 3 rings (SSSR count). The molecule has 1 amide bonds. The highest BCUT2D eigenvalue weighted by molar-refractivity contribution is 7.99. The van der Waals surface area contributed by atoms with Crippen molar-refractivity contribution in [2.24, 2.45) is 5.73 Å². The number of primary amides is 1. The number of hydrogen-bond acceptors (Lipinski definition) is 3. The second kappa shape index (κ2) is 4.03. The number of amides is 1. The van der Waals surface area contributed by atoms with Crippen molar-refractivity contribution in [3.05, 3.63) is 29.3 Å². The minimum atomic E-state index is -0.572. The van der Waals surface area contributed by atoms with Crippen LogP contribution in [-0.4, -0.2) is 24.9 Å². The highest BCUT2D eigenvalue weighted by atomic mass is 32.2. The van der Waals surface area contributed by atoms with Crippen molar-refractivity contribution in [3.8, 4) is 0 Å². The van der Waals surface area contributed by atoms with Gasteiger partial charge >= 0.3 is 0 Å². The van der Waals surface area contributed by atoms with Gasteiger partial charge in [-0.15, -0.1) is 11.8 Å². The van der Waals surface area contributed by atoms with Gasteiger partial charge in [0.2, 0.25) is 5.91 Å². The Morgan fingerprint density at radius 2 is 2.24 bits per heavy atom. The number of carbonyl (C=O) groups excluding carboxylic acids is 1. The van der Waals surface area contributed by atoms with Gasteiger partial charge < -0.3 is 10.5 Å². The van der Waals surface area contributed by atoms with E-state index in [9.17, 15) is 4.79 Å². The van der Waals surface area contributed by atoms with Crippen molar-refractivity contribution in [2.45, 2.75) is 23.2 Å². The van der Waals surface area contributed by atoms with Crippen LogP contribution in [0.5, 0.6) is 0 Å². The summed E-state index contributed by atoms with van der Waals surface area (Å²) in [6.07, 6.45) is 2.31. The topological polar surface area (TPSA) is 52.3 Å². The van der Waals surface area contributed by atoms with E-state index in [2.05, 4.69) is 12.1 Å². The zero-order chi connectivity index (χ0) is 11.9. The molecule has 0 atom stereocenters. The van der Waals surface area contributed by atoms with Crippen LogP contribution in [0.3, 0.4) is 0 Å². The van der Waals surface area contributed by atoms with E-state index in [0.29, 0.717) is 13.2 Å². The van der Waals surface area contributed by atoms with Gasteiger partial charge in [0.25, 0.3) is 0 Å². The standard InChI is InChI=1S/C13H15NO2S/c14-12(15)13(7-16-8-13)10-3-4-11-9(6-10)2-1-5-17-11/h3-4,6H,1-2,5,7-8H2,(H2,14,15). The lowest BCUT2D eigenvalue weighted by atomic mass is 9.77. The summed E-state index contributed by atoms with van der Waals surface area (Å²) in [6.45, 7) is 0.850. The van der Waals surface area contributed by atoms with Crippen LogP contribution in [0, 0.1) is 0 Å². The van der Waals surface area contributed by atoms with Gasteiger partial charge in [0.05, 0.1) is 13.2 Å². The van der Waals surface area contributed by atoms with Crippen molar-refractivity contribution in [1.29, 1.82) is 0 Å². The van der Waals surface area contributed by atoms with Crippen molar-refractivity contribution < 1.29 is 9.53 Å². The normalized spacial score (nSPS) is 21.4. The Balaban J connectivity index is 2.01. The second-order valence-electron chi connectivity index (χ2n) is 4.71. The molecule has 1 saturated heterocycles. The number of fused-ring (bicyclic) bond motifs is 1. The molecule has 0 aromatic heterocycles. The van der Waals surface area contributed by atoms with Crippen molar-refractivity contribution in [1.82, 2.24) is 0 Å². The number of ether oxygens (including phenoxy) is 1. The third-order valence-corrected chi connectivity index (χ3v) is 4.83. The number of carbonyl (C=O) groups is 1. The SMILES string of the molecule is NC(=O)C1(c2ccc3c(c2)CCCS3)COC1. The molecule has 3 nitrogen and oxygen atoms in total. The molecule has 17 heavy (non-hydrogen) atoms. The molecule has 0 aliphatic carbocycles. The number of aryl methyl sites for hydroxylation is 1. The quantitative estimate of drug-likeness (QED) is 0.863. The maximum Gasteiger partial charge on any atom is 0.232 e. The first-order valence-electron chi connectivity index (χ1n) is 5.86. The predicted octanol–water partition coefficient (Wildman–Crippen LogP) is 1.48. The first-order chi connectivity index (χ1) is 8.22. The molecule has 2 aliphatic rings. The van der Waals surface area contributed by atoms with Crippen molar-refractivity contribution >= 4 is 17.7 Å². The van der Waals surface area contributed by atoms with Gasteiger partial charge in [-0.1, -0.05) is 12.1 Å². The molecular formula is C13H15NO2S. The van der Waals surface area contributed by atoms with E-state index in [1.54, 1.807) is 0 Å². The minimum Gasteiger partial charge on any atom is -0.378 e. The molecule has 2 aliphatic heterocycles. The highest BCUT2D eigenvalue weighted by Gasteiger charge is 2.46. The summed E-state index contributed by atoms with van der Waals surface area (Å²) in [5, 5.41) is 0. The summed E-state index contributed by atoms with van der Waals surface area (Å²) in [4.78, 5) is 13.0. The number of benzene rings is 1. The molecule has 1 aromatic rings. The van der Waals surface area contributed by atoms with E-state index in [0.717, 1.165) is 12.0 Å².